The summed E-state index contributed by atoms with van der Waals surface area (Å²) >= 11 is 5.93. The van der Waals surface area contributed by atoms with E-state index in [2.05, 4.69) is 10.6 Å². The minimum Gasteiger partial charge on any atom is -0.352 e. The first-order valence-electron chi connectivity index (χ1n) is 7.50. The molecule has 2 rings (SSSR count). The third-order valence-electron chi connectivity index (χ3n) is 3.82. The number of aryl methyl sites for hydroxylation is 1. The lowest BCUT2D eigenvalue weighted by atomic mass is 10.2. The summed E-state index contributed by atoms with van der Waals surface area (Å²) in [6.07, 6.45) is 1.31. The summed E-state index contributed by atoms with van der Waals surface area (Å²) in [5.41, 5.74) is 1.66. The molecule has 3 amide bonds. The van der Waals surface area contributed by atoms with Crippen molar-refractivity contribution in [2.24, 2.45) is 0 Å². The first-order chi connectivity index (χ1) is 10.4. The molecule has 0 aliphatic carbocycles. The maximum absolute atomic E-state index is 12.5. The van der Waals surface area contributed by atoms with Crippen LogP contribution in [0.15, 0.2) is 18.2 Å². The molecular weight excluding hydrogens is 302 g/mol. The number of nitrogens with zero attached hydrogens (tertiary/aromatic N) is 1. The van der Waals surface area contributed by atoms with E-state index in [1.54, 1.807) is 17.0 Å². The molecular formula is C16H22ClN3O2. The van der Waals surface area contributed by atoms with Gasteiger partial charge in [-0.3, -0.25) is 4.79 Å². The van der Waals surface area contributed by atoms with Gasteiger partial charge in [0.05, 0.1) is 0 Å². The minimum atomic E-state index is -0.165. The van der Waals surface area contributed by atoms with Gasteiger partial charge < -0.3 is 15.5 Å². The van der Waals surface area contributed by atoms with Crippen molar-refractivity contribution in [2.45, 2.75) is 45.7 Å². The first-order valence-corrected chi connectivity index (χ1v) is 7.87. The van der Waals surface area contributed by atoms with E-state index in [0.29, 0.717) is 18.0 Å². The summed E-state index contributed by atoms with van der Waals surface area (Å²) < 4.78 is 0. The molecule has 0 aromatic heterocycles. The van der Waals surface area contributed by atoms with E-state index in [9.17, 15) is 9.59 Å². The third kappa shape index (κ3) is 4.13. The number of hydrogen-bond donors (Lipinski definition) is 2. The summed E-state index contributed by atoms with van der Waals surface area (Å²) in [5.74, 6) is 0.0580. The highest BCUT2D eigenvalue weighted by atomic mass is 35.5. The van der Waals surface area contributed by atoms with E-state index in [-0.39, 0.29) is 24.0 Å². The van der Waals surface area contributed by atoms with Crippen molar-refractivity contribution in [1.29, 1.82) is 0 Å². The number of benzene rings is 1. The van der Waals surface area contributed by atoms with Gasteiger partial charge in [0, 0.05) is 35.8 Å². The van der Waals surface area contributed by atoms with E-state index in [1.807, 2.05) is 26.8 Å². The molecule has 0 bridgehead atoms. The van der Waals surface area contributed by atoms with E-state index in [4.69, 9.17) is 11.6 Å². The van der Waals surface area contributed by atoms with Gasteiger partial charge in [0.1, 0.15) is 0 Å². The molecule has 5 nitrogen and oxygen atoms in total. The summed E-state index contributed by atoms with van der Waals surface area (Å²) in [6, 6.07) is 5.28. The second-order valence-corrected chi connectivity index (χ2v) is 6.38. The second kappa shape index (κ2) is 7.01. The van der Waals surface area contributed by atoms with Crippen LogP contribution in [0.25, 0.3) is 0 Å². The maximum Gasteiger partial charge on any atom is 0.322 e. The van der Waals surface area contributed by atoms with Crippen molar-refractivity contribution in [1.82, 2.24) is 10.2 Å². The predicted octanol–water partition coefficient (Wildman–Crippen LogP) is 3.17. The lowest BCUT2D eigenvalue weighted by Crippen LogP contribution is -2.47. The van der Waals surface area contributed by atoms with Crippen molar-refractivity contribution >= 4 is 29.2 Å². The lowest BCUT2D eigenvalue weighted by molar-refractivity contribution is -0.119. The van der Waals surface area contributed by atoms with Gasteiger partial charge in [0.2, 0.25) is 5.91 Å². The highest BCUT2D eigenvalue weighted by molar-refractivity contribution is 6.30. The zero-order valence-corrected chi connectivity index (χ0v) is 13.9. The summed E-state index contributed by atoms with van der Waals surface area (Å²) in [4.78, 5) is 25.6. The number of hydrogen-bond acceptors (Lipinski definition) is 2. The molecule has 1 aliphatic rings. The summed E-state index contributed by atoms with van der Waals surface area (Å²) in [7, 11) is 0. The van der Waals surface area contributed by atoms with E-state index < -0.39 is 0 Å². The van der Waals surface area contributed by atoms with Gasteiger partial charge >= 0.3 is 6.03 Å². The van der Waals surface area contributed by atoms with E-state index >= 15 is 0 Å². The average molecular weight is 324 g/mol. The fraction of sp³-hybridized carbons (Fsp3) is 0.500. The number of carbonyl (C=O) groups is 2. The number of anilines is 1. The van der Waals surface area contributed by atoms with Crippen LogP contribution in [0.4, 0.5) is 10.5 Å². The first kappa shape index (κ1) is 16.6. The minimum absolute atomic E-state index is 0.0342. The third-order valence-corrected chi connectivity index (χ3v) is 4.05. The van der Waals surface area contributed by atoms with Crippen LogP contribution >= 0.6 is 11.6 Å². The molecule has 1 aromatic carbocycles. The Morgan fingerprint density at radius 3 is 2.77 bits per heavy atom. The molecule has 2 N–H and O–H groups in total. The number of carbonyl (C=O) groups excluding carboxylic acids is 2. The number of urea groups is 1. The van der Waals surface area contributed by atoms with Crippen molar-refractivity contribution in [3.8, 4) is 0 Å². The van der Waals surface area contributed by atoms with Gasteiger partial charge in [-0.15, -0.1) is 0 Å². The van der Waals surface area contributed by atoms with Crippen LogP contribution in [0, 0.1) is 6.92 Å². The van der Waals surface area contributed by atoms with Crippen LogP contribution < -0.4 is 10.6 Å². The second-order valence-electron chi connectivity index (χ2n) is 5.94. The normalized spacial score (nSPS) is 17.5. The molecule has 0 saturated carbocycles. The monoisotopic (exact) mass is 323 g/mol. The van der Waals surface area contributed by atoms with Gasteiger partial charge in [-0.05, 0) is 51.0 Å². The molecule has 22 heavy (non-hydrogen) atoms. The Balaban J connectivity index is 2.04. The van der Waals surface area contributed by atoms with Crippen molar-refractivity contribution < 1.29 is 9.59 Å². The number of rotatable bonds is 4. The molecule has 1 saturated heterocycles. The zero-order chi connectivity index (χ0) is 16.3. The Labute approximate surface area is 136 Å². The van der Waals surface area contributed by atoms with E-state index in [0.717, 1.165) is 17.7 Å². The average Bonchev–Trinajstić information content (AvgIpc) is 2.84. The molecule has 1 heterocycles. The molecule has 0 spiro atoms. The quantitative estimate of drug-likeness (QED) is 0.894. The number of amides is 3. The van der Waals surface area contributed by atoms with Crippen LogP contribution in [-0.4, -0.2) is 35.5 Å². The fourth-order valence-corrected chi connectivity index (χ4v) is 2.76. The van der Waals surface area contributed by atoms with Gasteiger partial charge in [0.25, 0.3) is 0 Å². The largest absolute Gasteiger partial charge is 0.352 e. The van der Waals surface area contributed by atoms with Crippen molar-refractivity contribution in [3.05, 3.63) is 28.8 Å². The zero-order valence-electron chi connectivity index (χ0n) is 13.1. The van der Waals surface area contributed by atoms with Crippen molar-refractivity contribution in [2.75, 3.05) is 11.9 Å². The van der Waals surface area contributed by atoms with Crippen molar-refractivity contribution in [3.63, 3.8) is 0 Å². The number of halogens is 1. The molecule has 120 valence electrons. The van der Waals surface area contributed by atoms with Gasteiger partial charge in [-0.1, -0.05) is 11.6 Å². The molecule has 6 heteroatoms. The standard InChI is InChI=1S/C16H22ClN3O2/c1-10(2)20(9-13-5-7-15(21)18-13)16(22)19-14-6-4-12(17)8-11(14)3/h4,6,8,10,13H,5,7,9H2,1-3H3,(H,18,21)(H,19,22). The Hall–Kier alpha value is -1.75. The highest BCUT2D eigenvalue weighted by Crippen LogP contribution is 2.20. The van der Waals surface area contributed by atoms with Crippen LogP contribution in [0.2, 0.25) is 5.02 Å². The van der Waals surface area contributed by atoms with E-state index in [1.165, 1.54) is 0 Å². The smallest absolute Gasteiger partial charge is 0.322 e. The van der Waals surface area contributed by atoms with Gasteiger partial charge in [-0.25, -0.2) is 4.79 Å². The van der Waals surface area contributed by atoms with Crippen LogP contribution in [-0.2, 0) is 4.79 Å². The number of nitrogens with one attached hydrogen (secondary N) is 2. The lowest BCUT2D eigenvalue weighted by Gasteiger charge is -2.29. The Morgan fingerprint density at radius 1 is 1.50 bits per heavy atom. The summed E-state index contributed by atoms with van der Waals surface area (Å²) in [6.45, 7) is 6.34. The van der Waals surface area contributed by atoms with Gasteiger partial charge in [-0.2, -0.15) is 0 Å². The topological polar surface area (TPSA) is 61.4 Å². The Bertz CT molecular complexity index is 575. The predicted molar refractivity (Wildman–Crippen MR) is 88.2 cm³/mol. The molecule has 1 unspecified atom stereocenters. The SMILES string of the molecule is Cc1cc(Cl)ccc1NC(=O)N(CC1CCC(=O)N1)C(C)C. The molecule has 1 aromatic rings. The Morgan fingerprint density at radius 2 is 2.23 bits per heavy atom. The summed E-state index contributed by atoms with van der Waals surface area (Å²) in [5, 5.41) is 6.46. The highest BCUT2D eigenvalue weighted by Gasteiger charge is 2.26. The molecule has 1 atom stereocenters. The fourth-order valence-electron chi connectivity index (χ4n) is 2.53. The molecule has 1 aliphatic heterocycles. The molecule has 0 radical (unpaired) electrons. The molecule has 1 fully saturated rings. The van der Waals surface area contributed by atoms with Crippen LogP contribution in [0.3, 0.4) is 0 Å². The van der Waals surface area contributed by atoms with Crippen LogP contribution in [0.1, 0.15) is 32.3 Å². The maximum atomic E-state index is 12.5. The van der Waals surface area contributed by atoms with Gasteiger partial charge in [0.15, 0.2) is 0 Å². The Kier molecular flexibility index (Phi) is 5.29. The van der Waals surface area contributed by atoms with Crippen LogP contribution in [0.5, 0.6) is 0 Å².